The Morgan fingerprint density at radius 2 is 1.97 bits per heavy atom. The number of anilines is 2. The number of nitriles is 1. The Kier molecular flexibility index (Phi) is 7.22. The molecule has 2 aliphatic rings. The molecule has 2 aromatic carbocycles. The van der Waals surface area contributed by atoms with Gasteiger partial charge < -0.3 is 15.7 Å². The van der Waals surface area contributed by atoms with Gasteiger partial charge in [0.2, 0.25) is 0 Å². The van der Waals surface area contributed by atoms with Crippen LogP contribution in [0.2, 0.25) is 5.02 Å². The molecule has 2 aromatic rings. The van der Waals surface area contributed by atoms with Crippen LogP contribution in [0.4, 0.5) is 20.2 Å². The van der Waals surface area contributed by atoms with Gasteiger partial charge in [-0.25, -0.2) is 13.6 Å². The second kappa shape index (κ2) is 10.1. The van der Waals surface area contributed by atoms with E-state index in [-0.39, 0.29) is 23.4 Å². The summed E-state index contributed by atoms with van der Waals surface area (Å²) in [6.45, 7) is 2.68. The molecular formula is C24H26ClF2N5O2. The van der Waals surface area contributed by atoms with Crippen LogP contribution in [0.1, 0.15) is 34.5 Å². The topological polar surface area (TPSA) is 109 Å². The Bertz CT molecular complexity index is 1100. The van der Waals surface area contributed by atoms with Crippen LogP contribution in [0.25, 0.3) is 0 Å². The third kappa shape index (κ3) is 4.94. The number of fused-ring (bicyclic) bond motifs is 1. The Morgan fingerprint density at radius 3 is 2.62 bits per heavy atom. The minimum Gasteiger partial charge on any atom is -0.478 e. The number of nitrogens with one attached hydrogen (secondary N) is 4. The zero-order chi connectivity index (χ0) is 24.4. The number of halogens is 3. The molecule has 1 fully saturated rings. The maximum absolute atomic E-state index is 13.0. The molecule has 2 unspecified atom stereocenters. The summed E-state index contributed by atoms with van der Waals surface area (Å²) >= 11 is 6.40. The standard InChI is InChI=1S/C24H26ClF2N5O2/c1-12(31-19-5-3-2-4-15(19)24(33)34)16-6-14(25)7-20-18(16)8-17(21(9-28)32-20)13-10-29-23(22(26)27)30-11-13/h2-7,12-13,17,21-23,29-32H,8,10-11H2,1H3,(H,33,34)/t12-,13?,17?,21?,23?/m1/s1. The van der Waals surface area contributed by atoms with Crippen molar-refractivity contribution < 1.29 is 18.7 Å². The lowest BCUT2D eigenvalue weighted by Gasteiger charge is -2.41. The Labute approximate surface area is 201 Å². The second-order valence-electron chi connectivity index (χ2n) is 8.75. The molecule has 1 saturated heterocycles. The summed E-state index contributed by atoms with van der Waals surface area (Å²) in [4.78, 5) is 11.6. The van der Waals surface area contributed by atoms with Gasteiger partial charge in [0.15, 0.2) is 0 Å². The van der Waals surface area contributed by atoms with Gasteiger partial charge >= 0.3 is 5.97 Å². The number of aromatic carboxylic acids is 1. The van der Waals surface area contributed by atoms with E-state index in [4.69, 9.17) is 11.6 Å². The molecule has 0 aliphatic carbocycles. The summed E-state index contributed by atoms with van der Waals surface area (Å²) in [5, 5.41) is 32.1. The SMILES string of the molecule is C[C@@H](Nc1ccccc1C(=O)O)c1cc(Cl)cc2c1CC(C1CNC(C(F)F)NC1)C(C#N)N2. The van der Waals surface area contributed by atoms with E-state index in [1.807, 2.05) is 13.0 Å². The van der Waals surface area contributed by atoms with Gasteiger partial charge in [-0.05, 0) is 54.7 Å². The van der Waals surface area contributed by atoms with Gasteiger partial charge in [-0.3, -0.25) is 10.6 Å². The van der Waals surface area contributed by atoms with E-state index in [0.29, 0.717) is 30.2 Å². The molecule has 2 aliphatic heterocycles. The van der Waals surface area contributed by atoms with Crippen LogP contribution in [0.15, 0.2) is 36.4 Å². The zero-order valence-electron chi connectivity index (χ0n) is 18.5. The monoisotopic (exact) mass is 489 g/mol. The first-order valence-corrected chi connectivity index (χ1v) is 11.5. The first-order chi connectivity index (χ1) is 16.3. The number of benzene rings is 2. The fourth-order valence-electron chi connectivity index (χ4n) is 4.88. The van der Waals surface area contributed by atoms with Crippen LogP contribution < -0.4 is 21.3 Å². The van der Waals surface area contributed by atoms with Crippen molar-refractivity contribution in [1.82, 2.24) is 10.6 Å². The summed E-state index contributed by atoms with van der Waals surface area (Å²) in [5.74, 6) is -1.17. The summed E-state index contributed by atoms with van der Waals surface area (Å²) in [6.07, 6.45) is -2.99. The van der Waals surface area contributed by atoms with Gasteiger partial charge in [0.05, 0.1) is 11.6 Å². The molecule has 180 valence electrons. The van der Waals surface area contributed by atoms with Crippen LogP contribution >= 0.6 is 11.6 Å². The number of rotatable bonds is 6. The van der Waals surface area contributed by atoms with Crippen molar-refractivity contribution >= 4 is 28.9 Å². The average Bonchev–Trinajstić information content (AvgIpc) is 2.82. The van der Waals surface area contributed by atoms with Gasteiger partial charge in [0, 0.05) is 41.4 Å². The molecule has 0 aromatic heterocycles. The van der Waals surface area contributed by atoms with Gasteiger partial charge in [-0.1, -0.05) is 23.7 Å². The molecule has 0 amide bonds. The van der Waals surface area contributed by atoms with Crippen molar-refractivity contribution in [1.29, 1.82) is 5.26 Å². The van der Waals surface area contributed by atoms with Crippen molar-refractivity contribution in [3.63, 3.8) is 0 Å². The quantitative estimate of drug-likeness (QED) is 0.416. The molecule has 0 radical (unpaired) electrons. The predicted molar refractivity (Wildman–Crippen MR) is 126 cm³/mol. The van der Waals surface area contributed by atoms with Crippen molar-refractivity contribution in [2.24, 2.45) is 11.8 Å². The highest BCUT2D eigenvalue weighted by Gasteiger charge is 2.38. The number of hydrogen-bond acceptors (Lipinski definition) is 6. The highest BCUT2D eigenvalue weighted by molar-refractivity contribution is 6.31. The lowest BCUT2D eigenvalue weighted by atomic mass is 9.76. The normalized spacial score (nSPS) is 25.1. The van der Waals surface area contributed by atoms with E-state index in [0.717, 1.165) is 16.8 Å². The lowest BCUT2D eigenvalue weighted by molar-refractivity contribution is 0.0572. The minimum atomic E-state index is -2.51. The van der Waals surface area contributed by atoms with Gasteiger partial charge in [0.25, 0.3) is 6.43 Å². The van der Waals surface area contributed by atoms with Crippen LogP contribution in [-0.2, 0) is 6.42 Å². The fraction of sp³-hybridized carbons (Fsp3) is 0.417. The van der Waals surface area contributed by atoms with E-state index >= 15 is 0 Å². The number of para-hydroxylation sites is 1. The summed E-state index contributed by atoms with van der Waals surface area (Å²) in [6, 6.07) is 11.8. The molecule has 4 rings (SSSR count). The molecule has 0 spiro atoms. The molecular weight excluding hydrogens is 464 g/mol. The molecule has 2 heterocycles. The molecule has 0 bridgehead atoms. The highest BCUT2D eigenvalue weighted by atomic mass is 35.5. The minimum absolute atomic E-state index is 0.0279. The Morgan fingerprint density at radius 1 is 1.26 bits per heavy atom. The van der Waals surface area contributed by atoms with Crippen molar-refractivity contribution in [3.8, 4) is 6.07 Å². The molecule has 10 heteroatoms. The molecule has 5 N–H and O–H groups in total. The van der Waals surface area contributed by atoms with Gasteiger partial charge in [0.1, 0.15) is 12.2 Å². The fourth-order valence-corrected chi connectivity index (χ4v) is 5.11. The van der Waals surface area contributed by atoms with Crippen molar-refractivity contribution in [2.45, 2.75) is 38.0 Å². The number of carboxylic acids is 1. The molecule has 7 nitrogen and oxygen atoms in total. The largest absolute Gasteiger partial charge is 0.478 e. The van der Waals surface area contributed by atoms with E-state index in [9.17, 15) is 23.9 Å². The number of carbonyl (C=O) groups is 1. The third-order valence-corrected chi connectivity index (χ3v) is 6.84. The number of nitrogens with zero attached hydrogens (tertiary/aromatic N) is 1. The highest BCUT2D eigenvalue weighted by Crippen LogP contribution is 2.39. The number of carboxylic acid groups (broad SMARTS) is 1. The maximum Gasteiger partial charge on any atom is 0.337 e. The molecule has 3 atom stereocenters. The molecule has 34 heavy (non-hydrogen) atoms. The van der Waals surface area contributed by atoms with E-state index in [1.165, 1.54) is 6.07 Å². The first kappa shape index (κ1) is 24.2. The smallest absolute Gasteiger partial charge is 0.337 e. The molecule has 0 saturated carbocycles. The lowest BCUT2D eigenvalue weighted by Crippen LogP contribution is -2.59. The van der Waals surface area contributed by atoms with E-state index < -0.39 is 24.6 Å². The summed E-state index contributed by atoms with van der Waals surface area (Å²) in [7, 11) is 0. The van der Waals surface area contributed by atoms with Crippen molar-refractivity contribution in [2.75, 3.05) is 23.7 Å². The third-order valence-electron chi connectivity index (χ3n) is 6.62. The number of hydrogen-bond donors (Lipinski definition) is 5. The second-order valence-corrected chi connectivity index (χ2v) is 9.18. The summed E-state index contributed by atoms with van der Waals surface area (Å²) < 4.78 is 26.0. The van der Waals surface area contributed by atoms with Crippen molar-refractivity contribution in [3.05, 3.63) is 58.1 Å². The Hall–Kier alpha value is -2.93. The first-order valence-electron chi connectivity index (χ1n) is 11.1. The van der Waals surface area contributed by atoms with Gasteiger partial charge in [-0.2, -0.15) is 5.26 Å². The van der Waals surface area contributed by atoms with Crippen LogP contribution in [0.3, 0.4) is 0 Å². The van der Waals surface area contributed by atoms with Crippen LogP contribution in [0.5, 0.6) is 0 Å². The maximum atomic E-state index is 13.0. The van der Waals surface area contributed by atoms with Crippen LogP contribution in [0, 0.1) is 23.2 Å². The van der Waals surface area contributed by atoms with Crippen LogP contribution in [-0.4, -0.2) is 42.8 Å². The van der Waals surface area contributed by atoms with E-state index in [2.05, 4.69) is 27.3 Å². The van der Waals surface area contributed by atoms with E-state index in [1.54, 1.807) is 24.3 Å². The number of alkyl halides is 2. The van der Waals surface area contributed by atoms with Gasteiger partial charge in [-0.15, -0.1) is 0 Å². The summed E-state index contributed by atoms with van der Waals surface area (Å²) in [5.41, 5.74) is 3.28. The zero-order valence-corrected chi connectivity index (χ0v) is 19.2. The predicted octanol–water partition coefficient (Wildman–Crippen LogP) is 4.09. The average molecular weight is 490 g/mol. The Balaban J connectivity index is 1.61.